The molecule has 2 aliphatic heterocycles. The molecule has 0 radical (unpaired) electrons. The Labute approximate surface area is 149 Å². The van der Waals surface area contributed by atoms with Crippen LogP contribution in [0, 0.1) is 5.92 Å². The highest BCUT2D eigenvalue weighted by Gasteiger charge is 2.28. The van der Waals surface area contributed by atoms with Crippen molar-refractivity contribution in [2.75, 3.05) is 32.8 Å². The van der Waals surface area contributed by atoms with Crippen LogP contribution >= 0.6 is 0 Å². The first kappa shape index (κ1) is 18.2. The van der Waals surface area contributed by atoms with Gasteiger partial charge in [0.2, 0.25) is 5.91 Å². The van der Waals surface area contributed by atoms with Crippen molar-refractivity contribution in [3.8, 4) is 5.75 Å². The number of hydrogen-bond acceptors (Lipinski definition) is 5. The number of rotatable bonds is 5. The molecule has 3 rings (SSSR count). The Morgan fingerprint density at radius 3 is 2.84 bits per heavy atom. The summed E-state index contributed by atoms with van der Waals surface area (Å²) in [5, 5.41) is 16.1. The molecule has 1 fully saturated rings. The topological polar surface area (TPSA) is 73.8 Å². The van der Waals surface area contributed by atoms with E-state index in [1.165, 1.54) is 0 Å². The Hall–Kier alpha value is -1.63. The molecule has 1 aromatic carbocycles. The molecule has 6 nitrogen and oxygen atoms in total. The summed E-state index contributed by atoms with van der Waals surface area (Å²) < 4.78 is 5.40. The molecular formula is C19H29N3O3. The van der Waals surface area contributed by atoms with Crippen LogP contribution in [0.2, 0.25) is 0 Å². The Morgan fingerprint density at radius 1 is 1.36 bits per heavy atom. The van der Waals surface area contributed by atoms with Gasteiger partial charge in [-0.1, -0.05) is 19.9 Å². The summed E-state index contributed by atoms with van der Waals surface area (Å²) in [6.45, 7) is 9.17. The van der Waals surface area contributed by atoms with E-state index in [1.807, 2.05) is 6.07 Å². The second-order valence-corrected chi connectivity index (χ2v) is 7.36. The molecule has 1 saturated heterocycles. The van der Waals surface area contributed by atoms with Crippen LogP contribution in [-0.2, 0) is 22.5 Å². The van der Waals surface area contributed by atoms with Crippen molar-refractivity contribution in [3.63, 3.8) is 0 Å². The van der Waals surface area contributed by atoms with E-state index in [4.69, 9.17) is 4.74 Å². The van der Waals surface area contributed by atoms with Crippen molar-refractivity contribution in [2.45, 2.75) is 38.9 Å². The number of benzene rings is 1. The molecule has 2 heterocycles. The summed E-state index contributed by atoms with van der Waals surface area (Å²) in [6.07, 6.45) is 0.657. The van der Waals surface area contributed by atoms with Crippen LogP contribution in [0.3, 0.4) is 0 Å². The van der Waals surface area contributed by atoms with Crippen LogP contribution in [0.4, 0.5) is 0 Å². The average Bonchev–Trinajstić information content (AvgIpc) is 2.61. The van der Waals surface area contributed by atoms with Gasteiger partial charge in [0.25, 0.3) is 0 Å². The van der Waals surface area contributed by atoms with Gasteiger partial charge in [-0.25, -0.2) is 0 Å². The van der Waals surface area contributed by atoms with Crippen LogP contribution in [0.15, 0.2) is 18.2 Å². The number of morpholine rings is 1. The van der Waals surface area contributed by atoms with Crippen LogP contribution in [0.5, 0.6) is 5.75 Å². The van der Waals surface area contributed by atoms with Gasteiger partial charge >= 0.3 is 0 Å². The summed E-state index contributed by atoms with van der Waals surface area (Å²) in [5.74, 6) is 0.708. The van der Waals surface area contributed by atoms with Crippen molar-refractivity contribution in [2.24, 2.45) is 5.92 Å². The minimum atomic E-state index is -0.219. The lowest BCUT2D eigenvalue weighted by Gasteiger charge is -2.34. The molecular weight excluding hydrogens is 318 g/mol. The lowest BCUT2D eigenvalue weighted by molar-refractivity contribution is -0.124. The van der Waals surface area contributed by atoms with Gasteiger partial charge in [-0.2, -0.15) is 0 Å². The highest BCUT2D eigenvalue weighted by molar-refractivity contribution is 5.82. The van der Waals surface area contributed by atoms with Gasteiger partial charge in [0.05, 0.1) is 19.3 Å². The molecule has 138 valence electrons. The Bertz CT molecular complexity index is 600. The minimum Gasteiger partial charge on any atom is -0.508 e. The molecule has 2 aliphatic rings. The average molecular weight is 347 g/mol. The van der Waals surface area contributed by atoms with E-state index in [1.54, 1.807) is 12.1 Å². The standard InChI is InChI=1S/C19H29N3O3/c1-13(2)18(12-22-5-7-25-8-6-22)21-19(24)17-10-14-3-4-16(23)9-15(14)11-20-17/h3-4,9,13,17-18,20,23H,5-8,10-12H2,1-2H3,(H,21,24)/t17-,18?/m1/s1. The van der Waals surface area contributed by atoms with Crippen LogP contribution in [-0.4, -0.2) is 60.8 Å². The number of phenols is 1. The van der Waals surface area contributed by atoms with Crippen molar-refractivity contribution >= 4 is 5.91 Å². The highest BCUT2D eigenvalue weighted by Crippen LogP contribution is 2.21. The lowest BCUT2D eigenvalue weighted by Crippen LogP contribution is -2.55. The van der Waals surface area contributed by atoms with Crippen molar-refractivity contribution < 1.29 is 14.6 Å². The van der Waals surface area contributed by atoms with Gasteiger partial charge in [-0.15, -0.1) is 0 Å². The van der Waals surface area contributed by atoms with E-state index in [2.05, 4.69) is 29.4 Å². The van der Waals surface area contributed by atoms with Crippen molar-refractivity contribution in [1.82, 2.24) is 15.5 Å². The number of amides is 1. The molecule has 3 N–H and O–H groups in total. The molecule has 1 amide bonds. The summed E-state index contributed by atoms with van der Waals surface area (Å²) in [4.78, 5) is 15.1. The largest absolute Gasteiger partial charge is 0.508 e. The third-order valence-corrected chi connectivity index (χ3v) is 5.16. The summed E-state index contributed by atoms with van der Waals surface area (Å²) in [5.41, 5.74) is 2.20. The summed E-state index contributed by atoms with van der Waals surface area (Å²) in [6, 6.07) is 5.29. The predicted molar refractivity (Wildman–Crippen MR) is 96.5 cm³/mol. The molecule has 25 heavy (non-hydrogen) atoms. The maximum absolute atomic E-state index is 12.8. The number of ether oxygens (including phenoxy) is 1. The fourth-order valence-electron chi connectivity index (χ4n) is 3.46. The zero-order chi connectivity index (χ0) is 17.8. The first-order valence-electron chi connectivity index (χ1n) is 9.17. The normalized spacial score (nSPS) is 22.4. The molecule has 6 heteroatoms. The van der Waals surface area contributed by atoms with Crippen LogP contribution < -0.4 is 10.6 Å². The number of fused-ring (bicyclic) bond motifs is 1. The fraction of sp³-hybridized carbons (Fsp3) is 0.632. The SMILES string of the molecule is CC(C)C(CN1CCOCC1)NC(=O)[C@H]1Cc2ccc(O)cc2CN1. The van der Waals surface area contributed by atoms with Crippen LogP contribution in [0.1, 0.15) is 25.0 Å². The molecule has 1 aromatic rings. The molecule has 2 atom stereocenters. The molecule has 0 aromatic heterocycles. The maximum atomic E-state index is 12.8. The Balaban J connectivity index is 1.58. The quantitative estimate of drug-likeness (QED) is 0.737. The maximum Gasteiger partial charge on any atom is 0.237 e. The molecule has 1 unspecified atom stereocenters. The first-order chi connectivity index (χ1) is 12.0. The second-order valence-electron chi connectivity index (χ2n) is 7.36. The van der Waals surface area contributed by atoms with Gasteiger partial charge in [0, 0.05) is 32.2 Å². The molecule has 0 aliphatic carbocycles. The summed E-state index contributed by atoms with van der Waals surface area (Å²) >= 11 is 0. The van der Waals surface area contributed by atoms with Gasteiger partial charge in [0.15, 0.2) is 0 Å². The van der Waals surface area contributed by atoms with E-state index < -0.39 is 0 Å². The lowest BCUT2D eigenvalue weighted by atomic mass is 9.94. The first-order valence-corrected chi connectivity index (χ1v) is 9.17. The number of carbonyl (C=O) groups excluding carboxylic acids is 1. The van der Waals surface area contributed by atoms with Crippen molar-refractivity contribution in [3.05, 3.63) is 29.3 Å². The van der Waals surface area contributed by atoms with Gasteiger partial charge in [-0.05, 0) is 35.6 Å². The third-order valence-electron chi connectivity index (χ3n) is 5.16. The number of aromatic hydroxyl groups is 1. The second kappa shape index (κ2) is 8.17. The zero-order valence-corrected chi connectivity index (χ0v) is 15.1. The number of nitrogens with zero attached hydrogens (tertiary/aromatic N) is 1. The van der Waals surface area contributed by atoms with E-state index in [-0.39, 0.29) is 23.7 Å². The predicted octanol–water partition coefficient (Wildman–Crippen LogP) is 0.879. The third kappa shape index (κ3) is 4.71. The van der Waals surface area contributed by atoms with E-state index in [9.17, 15) is 9.90 Å². The van der Waals surface area contributed by atoms with E-state index >= 15 is 0 Å². The van der Waals surface area contributed by atoms with E-state index in [0.29, 0.717) is 18.9 Å². The summed E-state index contributed by atoms with van der Waals surface area (Å²) in [7, 11) is 0. The van der Waals surface area contributed by atoms with Gasteiger partial charge < -0.3 is 20.5 Å². The zero-order valence-electron chi connectivity index (χ0n) is 15.1. The molecule has 0 saturated carbocycles. The van der Waals surface area contributed by atoms with Crippen molar-refractivity contribution in [1.29, 1.82) is 0 Å². The monoisotopic (exact) mass is 347 g/mol. The molecule has 0 bridgehead atoms. The smallest absolute Gasteiger partial charge is 0.237 e. The highest BCUT2D eigenvalue weighted by atomic mass is 16.5. The number of nitrogens with one attached hydrogen (secondary N) is 2. The van der Waals surface area contributed by atoms with Crippen LogP contribution in [0.25, 0.3) is 0 Å². The Kier molecular flexibility index (Phi) is 5.93. The van der Waals surface area contributed by atoms with Gasteiger partial charge in [-0.3, -0.25) is 9.69 Å². The minimum absolute atomic E-state index is 0.0608. The Morgan fingerprint density at radius 2 is 2.12 bits per heavy atom. The number of hydrogen-bond donors (Lipinski definition) is 3. The fourth-order valence-corrected chi connectivity index (χ4v) is 3.46. The molecule has 0 spiro atoms. The van der Waals surface area contributed by atoms with E-state index in [0.717, 1.165) is 44.0 Å². The number of phenolic OH excluding ortho intramolecular Hbond substituents is 1. The van der Waals surface area contributed by atoms with Gasteiger partial charge in [0.1, 0.15) is 5.75 Å². The number of carbonyl (C=O) groups is 1.